The number of aliphatic hydroxyl groups excluding tert-OH is 3. The van der Waals surface area contributed by atoms with Crippen molar-refractivity contribution >= 4 is 23.4 Å². The van der Waals surface area contributed by atoms with Crippen molar-refractivity contribution < 1.29 is 62.9 Å². The van der Waals surface area contributed by atoms with Gasteiger partial charge in [0.25, 0.3) is 5.91 Å². The van der Waals surface area contributed by atoms with Gasteiger partial charge in [0.05, 0.1) is 76.2 Å². The second kappa shape index (κ2) is 25.2. The van der Waals surface area contributed by atoms with Crippen LogP contribution in [0.4, 0.5) is 10.5 Å². The van der Waals surface area contributed by atoms with Crippen molar-refractivity contribution in [2.75, 3.05) is 72.3 Å². The summed E-state index contributed by atoms with van der Waals surface area (Å²) in [6.45, 7) is 4.60. The number of hydrogen-bond donors (Lipinski definition) is 4. The van der Waals surface area contributed by atoms with Crippen LogP contribution < -0.4 is 24.3 Å². The first-order valence-electron chi connectivity index (χ1n) is 24.3. The number of rotatable bonds is 24. The number of benzene rings is 3. The van der Waals surface area contributed by atoms with Gasteiger partial charge in [0, 0.05) is 55.7 Å². The van der Waals surface area contributed by atoms with Crippen LogP contribution in [0.2, 0.25) is 0 Å². The maximum Gasteiger partial charge on any atom is 0.417 e. The van der Waals surface area contributed by atoms with E-state index in [4.69, 9.17) is 43.2 Å². The smallest absolute Gasteiger partial charge is 0.417 e. The summed E-state index contributed by atoms with van der Waals surface area (Å²) in [6.07, 6.45) is 9.15. The largest absolute Gasteiger partial charge is 0.497 e. The Labute approximate surface area is 409 Å². The Hall–Kier alpha value is -6.00. The summed E-state index contributed by atoms with van der Waals surface area (Å²) in [5.74, 6) is -1.61. The first-order chi connectivity index (χ1) is 34.2. The third kappa shape index (κ3) is 11.9. The molecule has 1 unspecified atom stereocenters. The highest BCUT2D eigenvalue weighted by Gasteiger charge is 2.65. The summed E-state index contributed by atoms with van der Waals surface area (Å²) < 4.78 is 43.1. The minimum Gasteiger partial charge on any atom is -0.497 e. The molecule has 1 saturated carbocycles. The molecule has 0 aromatic heterocycles. The number of ether oxygens (including phenoxy) is 7. The Bertz CT molecular complexity index is 2350. The Kier molecular flexibility index (Phi) is 18.7. The van der Waals surface area contributed by atoms with E-state index in [-0.39, 0.29) is 76.1 Å². The molecule has 3 aromatic carbocycles. The van der Waals surface area contributed by atoms with Gasteiger partial charge >= 0.3 is 6.09 Å². The fourth-order valence-corrected chi connectivity index (χ4v) is 10.4. The Morgan fingerprint density at radius 3 is 2.44 bits per heavy atom. The minimum absolute atomic E-state index is 0.0134. The second-order valence-electron chi connectivity index (χ2n) is 17.8. The molecule has 1 saturated heterocycles. The number of aliphatic hydroxyl groups is 3. The highest BCUT2D eigenvalue weighted by molar-refractivity contribution is 6.03. The van der Waals surface area contributed by atoms with Crippen molar-refractivity contribution in [3.05, 3.63) is 102 Å². The highest BCUT2D eigenvalue weighted by atomic mass is 16.8. The molecule has 2 fully saturated rings. The quantitative estimate of drug-likeness (QED) is 0.0388. The normalized spacial score (nSPS) is 23.9. The third-order valence-corrected chi connectivity index (χ3v) is 13.5. The molecule has 2 aliphatic carbocycles. The lowest BCUT2D eigenvalue weighted by Gasteiger charge is -2.60. The van der Waals surface area contributed by atoms with E-state index in [1.807, 2.05) is 6.07 Å². The molecular weight excluding hydrogens is 901 g/mol. The van der Waals surface area contributed by atoms with Crippen LogP contribution in [0.15, 0.2) is 90.1 Å². The van der Waals surface area contributed by atoms with Gasteiger partial charge in [-0.15, -0.1) is 6.58 Å². The summed E-state index contributed by atoms with van der Waals surface area (Å²) >= 11 is 0. The van der Waals surface area contributed by atoms with E-state index in [9.17, 15) is 25.4 Å². The molecule has 376 valence electrons. The van der Waals surface area contributed by atoms with E-state index in [0.717, 1.165) is 36.8 Å². The van der Waals surface area contributed by atoms with Crippen LogP contribution in [0.3, 0.4) is 0 Å². The number of fused-ring (bicyclic) bond motifs is 2. The van der Waals surface area contributed by atoms with Gasteiger partial charge in [-0.3, -0.25) is 10.1 Å². The van der Waals surface area contributed by atoms with Gasteiger partial charge in [0.1, 0.15) is 29.0 Å². The Morgan fingerprint density at radius 1 is 0.957 bits per heavy atom. The first kappa shape index (κ1) is 51.8. The van der Waals surface area contributed by atoms with E-state index in [0.29, 0.717) is 78.5 Å². The highest BCUT2D eigenvalue weighted by Crippen LogP contribution is 2.62. The van der Waals surface area contributed by atoms with Crippen LogP contribution in [0.1, 0.15) is 91.6 Å². The fourth-order valence-electron chi connectivity index (χ4n) is 10.4. The average Bonchev–Trinajstić information content (AvgIpc) is 3.39. The number of oxime groups is 1. The molecule has 17 heteroatoms. The van der Waals surface area contributed by atoms with Crippen molar-refractivity contribution in [2.24, 2.45) is 22.9 Å². The fraction of sp³-hybridized carbons (Fsp3) is 0.509. The molecule has 0 bridgehead atoms. The van der Waals surface area contributed by atoms with Crippen molar-refractivity contribution in [1.29, 1.82) is 5.26 Å². The zero-order valence-electron chi connectivity index (χ0n) is 40.1. The molecule has 17 nitrogen and oxygen atoms in total. The number of nitrogens with zero attached hydrogens (tertiary/aromatic N) is 3. The van der Waals surface area contributed by atoms with Crippen LogP contribution in [0, 0.1) is 29.1 Å². The predicted molar refractivity (Wildman–Crippen MR) is 259 cm³/mol. The predicted octanol–water partition coefficient (Wildman–Crippen LogP) is 7.50. The van der Waals surface area contributed by atoms with E-state index in [1.54, 1.807) is 65.6 Å². The molecule has 7 rings (SSSR count). The standard InChI is InChI=1S/C53H66N4O13/c1-4-26-67-53-47(57(22-28-65-29-25-60)51(61)36-16-14-35(34-54)15-17-36)33-44(56-70-48-13-7-10-27-66-48)41-30-37(11-5-8-23-58)40(12-6-9-24-59)49(50(41)53)42-31-39(19-21-45(42)69-53)68-52(62)55-43-20-18-38(63-2)32-46(43)64-3/h4,14-21,30-32,37,40,47-50,58-60H,1,5-13,22-29,33H2,2-3H3,(H,55,62)/t37-,40+,47-,48?,49+,50+,53+/m0/s1. The maximum absolute atomic E-state index is 15.2. The van der Waals surface area contributed by atoms with Crippen LogP contribution in [0.5, 0.6) is 23.0 Å². The lowest BCUT2D eigenvalue weighted by Crippen LogP contribution is -2.70. The Morgan fingerprint density at radius 2 is 1.74 bits per heavy atom. The van der Waals surface area contributed by atoms with Gasteiger partial charge < -0.3 is 58.2 Å². The van der Waals surface area contributed by atoms with Crippen molar-refractivity contribution in [2.45, 2.75) is 88.2 Å². The van der Waals surface area contributed by atoms with E-state index >= 15 is 4.79 Å². The summed E-state index contributed by atoms with van der Waals surface area (Å²) in [7, 11) is 3.03. The Balaban J connectivity index is 1.41. The molecular formula is C53H66N4O13. The number of amides is 2. The van der Waals surface area contributed by atoms with Crippen LogP contribution in [-0.2, 0) is 19.0 Å². The molecule has 3 aromatic rings. The lowest BCUT2D eigenvalue weighted by atomic mass is 9.55. The second-order valence-corrected chi connectivity index (χ2v) is 17.8. The molecule has 0 radical (unpaired) electrons. The summed E-state index contributed by atoms with van der Waals surface area (Å²) in [5, 5.41) is 47.0. The number of methoxy groups -OCH3 is 2. The average molecular weight is 967 g/mol. The van der Waals surface area contributed by atoms with E-state index in [1.165, 1.54) is 14.2 Å². The van der Waals surface area contributed by atoms with Crippen LogP contribution in [0.25, 0.3) is 0 Å². The molecule has 0 spiro atoms. The van der Waals surface area contributed by atoms with Gasteiger partial charge in [0.15, 0.2) is 0 Å². The number of anilines is 1. The van der Waals surface area contributed by atoms with Crippen molar-refractivity contribution in [1.82, 2.24) is 4.90 Å². The van der Waals surface area contributed by atoms with Crippen molar-refractivity contribution in [3.8, 4) is 29.1 Å². The van der Waals surface area contributed by atoms with Gasteiger partial charge in [0.2, 0.25) is 12.1 Å². The van der Waals surface area contributed by atoms with Crippen molar-refractivity contribution in [3.63, 3.8) is 0 Å². The molecule has 70 heavy (non-hydrogen) atoms. The van der Waals surface area contributed by atoms with Crippen LogP contribution >= 0.6 is 0 Å². The number of unbranched alkanes of at least 4 members (excludes halogenated alkanes) is 2. The number of nitrogens with one attached hydrogen (secondary N) is 1. The zero-order chi connectivity index (χ0) is 49.5. The SMILES string of the molecule is C=CCO[C@@]12Oc3ccc(OC(=O)Nc4ccc(OC)cc4OC)cc3[C@H]3[C@H](CCCCO)[C@@H](CCCCO)C=C(C(=NOC4CCCCO4)C[C@@H]1N(CCOCCO)C(=O)c1ccc(C#N)cc1)[C@H]32. The van der Waals surface area contributed by atoms with Gasteiger partial charge in [-0.2, -0.15) is 5.26 Å². The van der Waals surface area contributed by atoms with E-state index in [2.05, 4.69) is 24.0 Å². The zero-order valence-corrected chi connectivity index (χ0v) is 40.1. The molecule has 2 aliphatic heterocycles. The van der Waals surface area contributed by atoms with E-state index < -0.39 is 36.0 Å². The van der Waals surface area contributed by atoms with Gasteiger partial charge in [-0.1, -0.05) is 30.1 Å². The summed E-state index contributed by atoms with van der Waals surface area (Å²) in [6, 6.07) is 17.9. The third-order valence-electron chi connectivity index (χ3n) is 13.5. The molecule has 4 N–H and O–H groups in total. The first-order valence-corrected chi connectivity index (χ1v) is 24.3. The topological polar surface area (TPSA) is 220 Å². The molecule has 2 heterocycles. The molecule has 7 atom stereocenters. The molecule has 4 aliphatic rings. The summed E-state index contributed by atoms with van der Waals surface area (Å²) in [5.41, 5.74) is 3.23. The number of nitriles is 1. The number of carbonyl (C=O) groups is 2. The molecule has 2 amide bonds. The minimum atomic E-state index is -1.60. The number of allylic oxidation sites excluding steroid dienone is 1. The maximum atomic E-state index is 15.2. The summed E-state index contributed by atoms with van der Waals surface area (Å²) in [4.78, 5) is 36.8. The van der Waals surface area contributed by atoms with Gasteiger partial charge in [-0.25, -0.2) is 4.79 Å². The monoisotopic (exact) mass is 966 g/mol. The number of carbonyl (C=O) groups excluding carboxylic acids is 2. The lowest BCUT2D eigenvalue weighted by molar-refractivity contribution is -0.255. The van der Waals surface area contributed by atoms with Gasteiger partial charge in [-0.05, 0) is 111 Å². The number of hydrogen-bond acceptors (Lipinski definition) is 15. The van der Waals surface area contributed by atoms with Crippen LogP contribution in [-0.4, -0.2) is 123 Å².